The number of hydrogen-bond acceptors (Lipinski definition) is 5. The third-order valence-corrected chi connectivity index (χ3v) is 5.57. The van der Waals surface area contributed by atoms with Crippen LogP contribution in [0.2, 0.25) is 0 Å². The van der Waals surface area contributed by atoms with Gasteiger partial charge >= 0.3 is 0 Å². The van der Waals surface area contributed by atoms with Crippen molar-refractivity contribution in [1.29, 1.82) is 0 Å². The lowest BCUT2D eigenvalue weighted by atomic mass is 9.90. The smallest absolute Gasteiger partial charge is 0.223 e. The molecule has 140 valence electrons. The maximum absolute atomic E-state index is 12.1. The van der Waals surface area contributed by atoms with Crippen LogP contribution < -0.4 is 9.47 Å². The van der Waals surface area contributed by atoms with Crippen molar-refractivity contribution in [2.45, 2.75) is 25.7 Å². The van der Waals surface area contributed by atoms with E-state index in [1.54, 1.807) is 19.1 Å². The zero-order chi connectivity index (χ0) is 18.4. The SMILES string of the molecule is COc1ccc(CC2CCN(C(=O)CCS(C)(=O)=O)CC2)cc1OC. The van der Waals surface area contributed by atoms with Crippen LogP contribution in [0.15, 0.2) is 18.2 Å². The Labute approximate surface area is 150 Å². The molecule has 1 aliphatic heterocycles. The number of amides is 1. The van der Waals surface area contributed by atoms with Gasteiger partial charge in [-0.3, -0.25) is 4.79 Å². The first-order valence-corrected chi connectivity index (χ1v) is 10.5. The Morgan fingerprint density at radius 3 is 2.36 bits per heavy atom. The van der Waals surface area contributed by atoms with Gasteiger partial charge in [0.05, 0.1) is 20.0 Å². The van der Waals surface area contributed by atoms with Gasteiger partial charge in [0.25, 0.3) is 0 Å². The molecule has 0 atom stereocenters. The molecule has 2 rings (SSSR count). The Kier molecular flexibility index (Phi) is 6.70. The summed E-state index contributed by atoms with van der Waals surface area (Å²) in [4.78, 5) is 13.9. The molecule has 0 N–H and O–H groups in total. The van der Waals surface area contributed by atoms with E-state index in [2.05, 4.69) is 0 Å². The van der Waals surface area contributed by atoms with Crippen molar-refractivity contribution in [2.75, 3.05) is 39.3 Å². The predicted octanol–water partition coefficient (Wildman–Crippen LogP) is 1.92. The minimum Gasteiger partial charge on any atom is -0.493 e. The standard InChI is InChI=1S/C18H27NO5S/c1-23-16-5-4-15(13-17(16)24-2)12-14-6-9-19(10-7-14)18(20)8-11-25(3,21)22/h4-5,13-14H,6-12H2,1-3H3. The molecule has 0 aromatic heterocycles. The van der Waals surface area contributed by atoms with Gasteiger partial charge in [-0.05, 0) is 42.9 Å². The molecule has 0 unspecified atom stereocenters. The molecule has 1 aromatic carbocycles. The van der Waals surface area contributed by atoms with Crippen molar-refractivity contribution in [3.8, 4) is 11.5 Å². The van der Waals surface area contributed by atoms with Crippen LogP contribution in [0.4, 0.5) is 0 Å². The van der Waals surface area contributed by atoms with Crippen LogP contribution in [0.3, 0.4) is 0 Å². The van der Waals surface area contributed by atoms with Crippen molar-refractivity contribution < 1.29 is 22.7 Å². The largest absolute Gasteiger partial charge is 0.493 e. The number of carbonyl (C=O) groups excluding carboxylic acids is 1. The van der Waals surface area contributed by atoms with E-state index in [4.69, 9.17) is 9.47 Å². The summed E-state index contributed by atoms with van der Waals surface area (Å²) in [6.07, 6.45) is 4.04. The molecule has 1 amide bonds. The van der Waals surface area contributed by atoms with Gasteiger partial charge in [-0.25, -0.2) is 8.42 Å². The molecule has 1 heterocycles. The van der Waals surface area contributed by atoms with E-state index < -0.39 is 9.84 Å². The number of methoxy groups -OCH3 is 2. The van der Waals surface area contributed by atoms with Crippen molar-refractivity contribution >= 4 is 15.7 Å². The van der Waals surface area contributed by atoms with Crippen LogP contribution in [0.5, 0.6) is 11.5 Å². The third-order valence-electron chi connectivity index (χ3n) is 4.63. The Bertz CT molecular complexity index is 693. The van der Waals surface area contributed by atoms with Gasteiger partial charge in [-0.2, -0.15) is 0 Å². The molecular formula is C18H27NO5S. The first-order chi connectivity index (χ1) is 11.8. The van der Waals surface area contributed by atoms with Gasteiger partial charge in [0.2, 0.25) is 5.91 Å². The Morgan fingerprint density at radius 2 is 1.80 bits per heavy atom. The summed E-state index contributed by atoms with van der Waals surface area (Å²) in [5.74, 6) is 1.83. The van der Waals surface area contributed by atoms with E-state index in [1.807, 2.05) is 18.2 Å². The maximum atomic E-state index is 12.1. The number of benzene rings is 1. The lowest BCUT2D eigenvalue weighted by molar-refractivity contribution is -0.132. The molecule has 0 bridgehead atoms. The van der Waals surface area contributed by atoms with Crippen molar-refractivity contribution in [3.63, 3.8) is 0 Å². The number of nitrogens with zero attached hydrogens (tertiary/aromatic N) is 1. The van der Waals surface area contributed by atoms with Crippen LogP contribution in [0.1, 0.15) is 24.8 Å². The maximum Gasteiger partial charge on any atom is 0.223 e. The van der Waals surface area contributed by atoms with Gasteiger partial charge < -0.3 is 14.4 Å². The molecule has 0 saturated carbocycles. The molecule has 1 fully saturated rings. The normalized spacial score (nSPS) is 15.9. The van der Waals surface area contributed by atoms with Crippen molar-refractivity contribution in [3.05, 3.63) is 23.8 Å². The molecule has 7 heteroatoms. The highest BCUT2D eigenvalue weighted by molar-refractivity contribution is 7.90. The van der Waals surface area contributed by atoms with E-state index in [9.17, 15) is 13.2 Å². The minimum atomic E-state index is -3.09. The zero-order valence-electron chi connectivity index (χ0n) is 15.2. The molecular weight excluding hydrogens is 342 g/mol. The summed E-state index contributed by atoms with van der Waals surface area (Å²) in [7, 11) is 0.155. The number of ether oxygens (including phenoxy) is 2. The summed E-state index contributed by atoms with van der Waals surface area (Å²) in [5, 5.41) is 0. The Balaban J connectivity index is 1.85. The van der Waals surface area contributed by atoms with Crippen LogP contribution in [-0.4, -0.2) is 58.5 Å². The van der Waals surface area contributed by atoms with E-state index >= 15 is 0 Å². The van der Waals surface area contributed by atoms with Crippen molar-refractivity contribution in [2.24, 2.45) is 5.92 Å². The Hall–Kier alpha value is -1.76. The number of rotatable bonds is 7. The monoisotopic (exact) mass is 369 g/mol. The second-order valence-electron chi connectivity index (χ2n) is 6.60. The van der Waals surface area contributed by atoms with Crippen LogP contribution >= 0.6 is 0 Å². The van der Waals surface area contributed by atoms with Gasteiger partial charge in [0, 0.05) is 25.8 Å². The summed E-state index contributed by atoms with van der Waals surface area (Å²) in [5.41, 5.74) is 1.19. The molecule has 1 aliphatic rings. The Morgan fingerprint density at radius 1 is 1.16 bits per heavy atom. The van der Waals surface area contributed by atoms with Gasteiger partial charge in [0.1, 0.15) is 9.84 Å². The van der Waals surface area contributed by atoms with Crippen molar-refractivity contribution in [1.82, 2.24) is 4.90 Å². The number of sulfone groups is 1. The summed E-state index contributed by atoms with van der Waals surface area (Å²) >= 11 is 0. The fraction of sp³-hybridized carbons (Fsp3) is 0.611. The topological polar surface area (TPSA) is 72.9 Å². The molecule has 0 spiro atoms. The number of hydrogen-bond donors (Lipinski definition) is 0. The van der Waals surface area contributed by atoms with E-state index in [-0.39, 0.29) is 18.1 Å². The molecule has 0 aliphatic carbocycles. The first kappa shape index (κ1) is 19.6. The highest BCUT2D eigenvalue weighted by atomic mass is 32.2. The minimum absolute atomic E-state index is 0.0602. The number of carbonyl (C=O) groups is 1. The molecule has 25 heavy (non-hydrogen) atoms. The fourth-order valence-corrected chi connectivity index (χ4v) is 3.70. The highest BCUT2D eigenvalue weighted by Crippen LogP contribution is 2.30. The van der Waals surface area contributed by atoms with E-state index in [0.29, 0.717) is 19.0 Å². The zero-order valence-corrected chi connectivity index (χ0v) is 16.0. The van der Waals surface area contributed by atoms with E-state index in [1.165, 1.54) is 5.56 Å². The fourth-order valence-electron chi connectivity index (χ4n) is 3.16. The lowest BCUT2D eigenvalue weighted by Gasteiger charge is -2.32. The quantitative estimate of drug-likeness (QED) is 0.734. The average Bonchev–Trinajstić information content (AvgIpc) is 2.59. The first-order valence-electron chi connectivity index (χ1n) is 8.49. The van der Waals surface area contributed by atoms with E-state index in [0.717, 1.165) is 37.0 Å². The van der Waals surface area contributed by atoms with Crippen LogP contribution in [-0.2, 0) is 21.1 Å². The second-order valence-corrected chi connectivity index (χ2v) is 8.86. The lowest BCUT2D eigenvalue weighted by Crippen LogP contribution is -2.39. The molecule has 0 radical (unpaired) electrons. The highest BCUT2D eigenvalue weighted by Gasteiger charge is 2.23. The van der Waals surface area contributed by atoms with Gasteiger partial charge in [-0.15, -0.1) is 0 Å². The second kappa shape index (κ2) is 8.56. The van der Waals surface area contributed by atoms with Crippen LogP contribution in [0, 0.1) is 5.92 Å². The van der Waals surface area contributed by atoms with Gasteiger partial charge in [-0.1, -0.05) is 6.07 Å². The number of likely N-dealkylation sites (tertiary alicyclic amines) is 1. The average molecular weight is 369 g/mol. The third kappa shape index (κ3) is 5.92. The summed E-state index contributed by atoms with van der Waals surface area (Å²) < 4.78 is 33.0. The molecule has 1 saturated heterocycles. The van der Waals surface area contributed by atoms with Gasteiger partial charge in [0.15, 0.2) is 11.5 Å². The molecule has 1 aromatic rings. The molecule has 6 nitrogen and oxygen atoms in total. The summed E-state index contributed by atoms with van der Waals surface area (Å²) in [6, 6.07) is 5.96. The predicted molar refractivity (Wildman–Crippen MR) is 96.9 cm³/mol. The summed E-state index contributed by atoms with van der Waals surface area (Å²) in [6.45, 7) is 1.39. The number of piperidine rings is 1. The van der Waals surface area contributed by atoms with Crippen LogP contribution in [0.25, 0.3) is 0 Å².